The van der Waals surface area contributed by atoms with Crippen LogP contribution in [0.25, 0.3) is 0 Å². The van der Waals surface area contributed by atoms with Gasteiger partial charge in [-0.25, -0.2) is 0 Å². The molecule has 0 aliphatic carbocycles. The highest BCUT2D eigenvalue weighted by atomic mass is 35.5. The fourth-order valence-electron chi connectivity index (χ4n) is 1.20. The molecule has 0 fully saturated rings. The molecule has 1 aromatic heterocycles. The third-order valence-electron chi connectivity index (χ3n) is 1.93. The maximum atomic E-state index is 11.7. The molecule has 0 unspecified atom stereocenters. The predicted molar refractivity (Wildman–Crippen MR) is 60.3 cm³/mol. The molecule has 0 aliphatic rings. The SMILES string of the molecule is O=[S@](Cc1ccc(Cl)cc1)c1ccco1. The average Bonchev–Trinajstić information content (AvgIpc) is 2.74. The minimum Gasteiger partial charge on any atom is -0.456 e. The quantitative estimate of drug-likeness (QED) is 0.825. The molecule has 15 heavy (non-hydrogen) atoms. The summed E-state index contributed by atoms with van der Waals surface area (Å²) in [4.78, 5) is 0. The van der Waals surface area contributed by atoms with Crippen molar-refractivity contribution in [2.45, 2.75) is 10.8 Å². The molecule has 0 spiro atoms. The van der Waals surface area contributed by atoms with Gasteiger partial charge in [0.2, 0.25) is 0 Å². The molecular formula is C11H9ClO2S. The van der Waals surface area contributed by atoms with E-state index in [9.17, 15) is 4.21 Å². The van der Waals surface area contributed by atoms with Crippen LogP contribution in [0.3, 0.4) is 0 Å². The fourth-order valence-corrected chi connectivity index (χ4v) is 2.35. The molecule has 0 radical (unpaired) electrons. The third-order valence-corrected chi connectivity index (χ3v) is 3.46. The van der Waals surface area contributed by atoms with Crippen LogP contribution in [0.5, 0.6) is 0 Å². The standard InChI is InChI=1S/C11H9ClO2S/c12-10-5-3-9(4-6-10)8-15(13)11-2-1-7-14-11/h1-7H,8H2/t15-/m1/s1. The van der Waals surface area contributed by atoms with Crippen molar-refractivity contribution >= 4 is 22.4 Å². The molecule has 2 rings (SSSR count). The van der Waals surface area contributed by atoms with Gasteiger partial charge in [0.15, 0.2) is 5.09 Å². The van der Waals surface area contributed by atoms with Crippen molar-refractivity contribution in [1.29, 1.82) is 0 Å². The molecule has 1 atom stereocenters. The Labute approximate surface area is 95.3 Å². The Morgan fingerprint density at radius 1 is 1.20 bits per heavy atom. The largest absolute Gasteiger partial charge is 0.456 e. The Kier molecular flexibility index (Phi) is 3.23. The zero-order valence-corrected chi connectivity index (χ0v) is 9.42. The van der Waals surface area contributed by atoms with Crippen LogP contribution in [-0.2, 0) is 16.6 Å². The van der Waals surface area contributed by atoms with E-state index in [-0.39, 0.29) is 0 Å². The smallest absolute Gasteiger partial charge is 0.190 e. The minimum atomic E-state index is -1.12. The Morgan fingerprint density at radius 2 is 1.93 bits per heavy atom. The summed E-state index contributed by atoms with van der Waals surface area (Å²) in [6, 6.07) is 10.7. The van der Waals surface area contributed by atoms with Crippen LogP contribution in [0.4, 0.5) is 0 Å². The maximum absolute atomic E-state index is 11.7. The molecule has 0 aliphatic heterocycles. The molecule has 2 nitrogen and oxygen atoms in total. The number of furan rings is 1. The van der Waals surface area contributed by atoms with Crippen LogP contribution in [0.2, 0.25) is 5.02 Å². The van der Waals surface area contributed by atoms with Crippen molar-refractivity contribution in [2.75, 3.05) is 0 Å². The van der Waals surface area contributed by atoms with Crippen molar-refractivity contribution in [3.05, 3.63) is 53.2 Å². The highest BCUT2D eigenvalue weighted by molar-refractivity contribution is 7.84. The zero-order chi connectivity index (χ0) is 10.7. The first kappa shape index (κ1) is 10.5. The van der Waals surface area contributed by atoms with Gasteiger partial charge in [-0.1, -0.05) is 23.7 Å². The van der Waals surface area contributed by atoms with Crippen LogP contribution >= 0.6 is 11.6 Å². The summed E-state index contributed by atoms with van der Waals surface area (Å²) < 4.78 is 16.8. The number of halogens is 1. The Morgan fingerprint density at radius 3 is 2.53 bits per heavy atom. The second-order valence-electron chi connectivity index (χ2n) is 3.05. The lowest BCUT2D eigenvalue weighted by molar-refractivity contribution is 0.465. The molecule has 0 N–H and O–H groups in total. The van der Waals surface area contributed by atoms with E-state index in [4.69, 9.17) is 16.0 Å². The van der Waals surface area contributed by atoms with Gasteiger partial charge in [-0.3, -0.25) is 4.21 Å². The summed E-state index contributed by atoms with van der Waals surface area (Å²) >= 11 is 5.75. The van der Waals surface area contributed by atoms with E-state index < -0.39 is 10.8 Å². The maximum Gasteiger partial charge on any atom is 0.190 e. The van der Waals surface area contributed by atoms with E-state index in [1.165, 1.54) is 6.26 Å². The molecule has 0 saturated carbocycles. The molecular weight excluding hydrogens is 232 g/mol. The molecule has 4 heteroatoms. The van der Waals surface area contributed by atoms with E-state index in [2.05, 4.69) is 0 Å². The van der Waals surface area contributed by atoms with Gasteiger partial charge in [-0.05, 0) is 29.8 Å². The highest BCUT2D eigenvalue weighted by Crippen LogP contribution is 2.15. The van der Waals surface area contributed by atoms with Gasteiger partial charge in [-0.15, -0.1) is 0 Å². The Bertz CT molecular complexity index is 448. The van der Waals surface area contributed by atoms with Gasteiger partial charge in [0, 0.05) is 5.02 Å². The van der Waals surface area contributed by atoms with E-state index in [1.807, 2.05) is 12.1 Å². The van der Waals surface area contributed by atoms with Crippen molar-refractivity contribution in [3.63, 3.8) is 0 Å². The first-order valence-electron chi connectivity index (χ1n) is 4.42. The topological polar surface area (TPSA) is 30.2 Å². The fraction of sp³-hybridized carbons (Fsp3) is 0.0909. The molecule has 0 saturated heterocycles. The molecule has 0 amide bonds. The van der Waals surface area contributed by atoms with Crippen molar-refractivity contribution in [2.24, 2.45) is 0 Å². The van der Waals surface area contributed by atoms with Crippen molar-refractivity contribution in [3.8, 4) is 0 Å². The van der Waals surface area contributed by atoms with E-state index >= 15 is 0 Å². The van der Waals surface area contributed by atoms with E-state index in [0.29, 0.717) is 15.9 Å². The average molecular weight is 241 g/mol. The molecule has 78 valence electrons. The lowest BCUT2D eigenvalue weighted by Gasteiger charge is -1.99. The van der Waals surface area contributed by atoms with Crippen molar-refractivity contribution in [1.82, 2.24) is 0 Å². The lowest BCUT2D eigenvalue weighted by Crippen LogP contribution is -1.94. The van der Waals surface area contributed by atoms with Gasteiger partial charge in [0.1, 0.15) is 0 Å². The van der Waals surface area contributed by atoms with Gasteiger partial charge < -0.3 is 4.42 Å². The van der Waals surface area contributed by atoms with Gasteiger partial charge in [0.05, 0.1) is 22.8 Å². The Balaban J connectivity index is 2.09. The van der Waals surface area contributed by atoms with Gasteiger partial charge >= 0.3 is 0 Å². The van der Waals surface area contributed by atoms with Crippen LogP contribution in [-0.4, -0.2) is 4.21 Å². The normalized spacial score (nSPS) is 12.6. The van der Waals surface area contributed by atoms with Gasteiger partial charge in [0.25, 0.3) is 0 Å². The van der Waals surface area contributed by atoms with E-state index in [1.54, 1.807) is 24.3 Å². The third kappa shape index (κ3) is 2.70. The monoisotopic (exact) mass is 240 g/mol. The molecule has 1 heterocycles. The van der Waals surface area contributed by atoms with Gasteiger partial charge in [-0.2, -0.15) is 0 Å². The van der Waals surface area contributed by atoms with E-state index in [0.717, 1.165) is 5.56 Å². The predicted octanol–water partition coefficient (Wildman–Crippen LogP) is 3.24. The van der Waals surface area contributed by atoms with Crippen LogP contribution in [0.1, 0.15) is 5.56 Å². The summed E-state index contributed by atoms with van der Waals surface area (Å²) in [5.41, 5.74) is 0.981. The number of benzene rings is 1. The second-order valence-corrected chi connectivity index (χ2v) is 4.87. The highest BCUT2D eigenvalue weighted by Gasteiger charge is 2.07. The summed E-state index contributed by atoms with van der Waals surface area (Å²) in [5.74, 6) is 0.449. The summed E-state index contributed by atoms with van der Waals surface area (Å²) in [5, 5.41) is 1.19. The summed E-state index contributed by atoms with van der Waals surface area (Å²) in [6.07, 6.45) is 1.52. The number of hydrogen-bond acceptors (Lipinski definition) is 2. The van der Waals surface area contributed by atoms with Crippen LogP contribution in [0, 0.1) is 0 Å². The van der Waals surface area contributed by atoms with Crippen LogP contribution in [0.15, 0.2) is 52.2 Å². The zero-order valence-electron chi connectivity index (χ0n) is 7.85. The Hall–Kier alpha value is -1.06. The number of hydrogen-bond donors (Lipinski definition) is 0. The summed E-state index contributed by atoms with van der Waals surface area (Å²) in [7, 11) is -1.12. The first-order valence-corrected chi connectivity index (χ1v) is 6.12. The second kappa shape index (κ2) is 4.64. The lowest BCUT2D eigenvalue weighted by atomic mass is 10.2. The first-order chi connectivity index (χ1) is 7.25. The van der Waals surface area contributed by atoms with Crippen molar-refractivity contribution < 1.29 is 8.63 Å². The molecule has 0 bridgehead atoms. The molecule has 2 aromatic rings. The minimum absolute atomic E-state index is 0.449. The molecule has 1 aromatic carbocycles. The summed E-state index contributed by atoms with van der Waals surface area (Å²) in [6.45, 7) is 0. The number of rotatable bonds is 3. The van der Waals surface area contributed by atoms with Crippen LogP contribution < -0.4 is 0 Å².